The molecule has 1 aliphatic rings. The fourth-order valence-corrected chi connectivity index (χ4v) is 3.68. The van der Waals surface area contributed by atoms with Crippen LogP contribution in [0.5, 0.6) is 5.75 Å². The predicted molar refractivity (Wildman–Crippen MR) is 117 cm³/mol. The molecule has 4 rings (SSSR count). The van der Waals surface area contributed by atoms with Gasteiger partial charge in [0.15, 0.2) is 0 Å². The number of aryl methyl sites for hydroxylation is 1. The van der Waals surface area contributed by atoms with Crippen molar-refractivity contribution in [3.63, 3.8) is 0 Å². The number of benzene rings is 2. The second-order valence-corrected chi connectivity index (χ2v) is 7.34. The lowest BCUT2D eigenvalue weighted by atomic mass is 10.1. The third-order valence-electron chi connectivity index (χ3n) is 5.36. The van der Waals surface area contributed by atoms with Gasteiger partial charge in [0.25, 0.3) is 5.91 Å². The van der Waals surface area contributed by atoms with Crippen LogP contribution in [0.4, 0.5) is 5.88 Å². The number of hydrogen-bond acceptors (Lipinski definition) is 6. The van der Waals surface area contributed by atoms with Gasteiger partial charge in [-0.25, -0.2) is 0 Å². The van der Waals surface area contributed by atoms with Crippen LogP contribution < -0.4 is 9.64 Å². The van der Waals surface area contributed by atoms with E-state index in [0.717, 1.165) is 22.4 Å². The maximum absolute atomic E-state index is 12.9. The van der Waals surface area contributed by atoms with E-state index in [1.165, 1.54) is 0 Å². The van der Waals surface area contributed by atoms with Crippen molar-refractivity contribution in [3.8, 4) is 23.3 Å². The molecule has 7 nitrogen and oxygen atoms in total. The third kappa shape index (κ3) is 4.24. The van der Waals surface area contributed by atoms with Crippen molar-refractivity contribution in [1.82, 2.24) is 9.88 Å². The summed E-state index contributed by atoms with van der Waals surface area (Å²) in [5.74, 6) is 1.65. The number of ether oxygens (including phenoxy) is 1. The van der Waals surface area contributed by atoms with Gasteiger partial charge in [-0.2, -0.15) is 10.2 Å². The maximum atomic E-state index is 12.9. The van der Waals surface area contributed by atoms with E-state index in [9.17, 15) is 10.1 Å². The van der Waals surface area contributed by atoms with Crippen LogP contribution in [0.15, 0.2) is 52.9 Å². The van der Waals surface area contributed by atoms with Gasteiger partial charge < -0.3 is 19.0 Å². The lowest BCUT2D eigenvalue weighted by Crippen LogP contribution is -2.49. The molecule has 0 aliphatic carbocycles. The number of nitriles is 1. The fraction of sp³-hybridized carbons (Fsp3) is 0.292. The highest BCUT2D eigenvalue weighted by Crippen LogP contribution is 2.30. The van der Waals surface area contributed by atoms with Crippen LogP contribution in [0.25, 0.3) is 11.5 Å². The Morgan fingerprint density at radius 2 is 1.84 bits per heavy atom. The van der Waals surface area contributed by atoms with E-state index in [2.05, 4.69) is 11.1 Å². The van der Waals surface area contributed by atoms with E-state index in [1.54, 1.807) is 0 Å². The first-order valence-electron chi connectivity index (χ1n) is 10.3. The Kier molecular flexibility index (Phi) is 5.89. The molecule has 1 fully saturated rings. The molecule has 158 valence electrons. The fourth-order valence-electron chi connectivity index (χ4n) is 3.68. The summed E-state index contributed by atoms with van der Waals surface area (Å²) in [5.41, 5.74) is 2.73. The molecule has 1 aliphatic heterocycles. The Bertz CT molecular complexity index is 1110. The zero-order valence-corrected chi connectivity index (χ0v) is 17.7. The molecule has 1 aromatic heterocycles. The van der Waals surface area contributed by atoms with E-state index < -0.39 is 0 Å². The Morgan fingerprint density at radius 3 is 2.48 bits per heavy atom. The van der Waals surface area contributed by atoms with Gasteiger partial charge in [-0.3, -0.25) is 4.79 Å². The quantitative estimate of drug-likeness (QED) is 0.628. The molecular formula is C24H24N4O3. The van der Waals surface area contributed by atoms with Crippen LogP contribution in [0, 0.1) is 18.3 Å². The molecule has 0 saturated carbocycles. The zero-order chi connectivity index (χ0) is 21.8. The number of oxazole rings is 1. The highest BCUT2D eigenvalue weighted by molar-refractivity contribution is 5.95. The number of carbonyl (C=O) groups is 1. The van der Waals surface area contributed by atoms with Gasteiger partial charge in [-0.1, -0.05) is 18.2 Å². The second-order valence-electron chi connectivity index (χ2n) is 7.34. The Hall–Kier alpha value is -3.79. The molecule has 0 N–H and O–H groups in total. The molecule has 2 heterocycles. The van der Waals surface area contributed by atoms with Crippen LogP contribution in [0.2, 0.25) is 0 Å². The summed E-state index contributed by atoms with van der Waals surface area (Å²) in [4.78, 5) is 21.1. The summed E-state index contributed by atoms with van der Waals surface area (Å²) >= 11 is 0. The van der Waals surface area contributed by atoms with Crippen LogP contribution in [-0.4, -0.2) is 48.6 Å². The van der Waals surface area contributed by atoms with Gasteiger partial charge in [0.1, 0.15) is 11.8 Å². The van der Waals surface area contributed by atoms with E-state index in [0.29, 0.717) is 44.6 Å². The van der Waals surface area contributed by atoms with Crippen LogP contribution in [0.1, 0.15) is 28.5 Å². The normalized spacial score (nSPS) is 13.7. The second kappa shape index (κ2) is 8.92. The van der Waals surface area contributed by atoms with Crippen molar-refractivity contribution in [2.45, 2.75) is 13.8 Å². The lowest BCUT2D eigenvalue weighted by molar-refractivity contribution is 0.0744. The molecule has 31 heavy (non-hydrogen) atoms. The predicted octanol–water partition coefficient (Wildman–Crippen LogP) is 3.88. The smallest absolute Gasteiger partial charge is 0.254 e. The number of piperazine rings is 1. The molecular weight excluding hydrogens is 392 g/mol. The molecule has 2 aromatic carbocycles. The average Bonchev–Trinajstić information content (AvgIpc) is 3.24. The molecule has 0 bridgehead atoms. The number of hydrogen-bond donors (Lipinski definition) is 0. The van der Waals surface area contributed by atoms with Crippen molar-refractivity contribution >= 4 is 11.8 Å². The van der Waals surface area contributed by atoms with Gasteiger partial charge in [0.05, 0.1) is 6.61 Å². The number of aromatic nitrogens is 1. The summed E-state index contributed by atoms with van der Waals surface area (Å²) in [7, 11) is 0. The van der Waals surface area contributed by atoms with E-state index in [-0.39, 0.29) is 11.6 Å². The first kappa shape index (κ1) is 20.5. The first-order valence-corrected chi connectivity index (χ1v) is 10.3. The van der Waals surface area contributed by atoms with Gasteiger partial charge in [-0.05, 0) is 49.7 Å². The SMILES string of the molecule is CCOc1ccc(-c2nc(C#N)c(N3CCN(C(=O)c4ccccc4C)CC3)o2)cc1. The van der Waals surface area contributed by atoms with Crippen LogP contribution >= 0.6 is 0 Å². The standard InChI is InChI=1S/C24H24N4O3/c1-3-30-19-10-8-18(9-11-19)22-26-21(16-25)24(31-22)28-14-12-27(13-15-28)23(29)20-7-5-4-6-17(20)2/h4-11H,3,12-15H2,1-2H3. The topological polar surface area (TPSA) is 82.6 Å². The molecule has 0 radical (unpaired) electrons. The van der Waals surface area contributed by atoms with Crippen LogP contribution in [0.3, 0.4) is 0 Å². The minimum Gasteiger partial charge on any atom is -0.494 e. The number of rotatable bonds is 5. The highest BCUT2D eigenvalue weighted by Gasteiger charge is 2.27. The molecule has 0 spiro atoms. The van der Waals surface area contributed by atoms with Crippen molar-refractivity contribution < 1.29 is 13.9 Å². The summed E-state index contributed by atoms with van der Waals surface area (Å²) in [6.07, 6.45) is 0. The Morgan fingerprint density at radius 1 is 1.13 bits per heavy atom. The van der Waals surface area contributed by atoms with Crippen LogP contribution in [-0.2, 0) is 0 Å². The summed E-state index contributed by atoms with van der Waals surface area (Å²) in [6.45, 7) is 6.73. The number of amides is 1. The molecule has 1 saturated heterocycles. The first-order chi connectivity index (χ1) is 15.1. The van der Waals surface area contributed by atoms with E-state index in [4.69, 9.17) is 9.15 Å². The minimum atomic E-state index is 0.0332. The largest absolute Gasteiger partial charge is 0.494 e. The highest BCUT2D eigenvalue weighted by atomic mass is 16.5. The Labute approximate surface area is 181 Å². The number of anilines is 1. The monoisotopic (exact) mass is 416 g/mol. The third-order valence-corrected chi connectivity index (χ3v) is 5.36. The average molecular weight is 416 g/mol. The van der Waals surface area contributed by atoms with Gasteiger partial charge in [0.2, 0.25) is 17.5 Å². The van der Waals surface area contributed by atoms with E-state index in [1.807, 2.05) is 72.2 Å². The summed E-state index contributed by atoms with van der Waals surface area (Å²) < 4.78 is 11.4. The van der Waals surface area contributed by atoms with Gasteiger partial charge in [0, 0.05) is 37.3 Å². The molecule has 3 aromatic rings. The lowest BCUT2D eigenvalue weighted by Gasteiger charge is -2.34. The van der Waals surface area contributed by atoms with Gasteiger partial charge >= 0.3 is 0 Å². The number of nitrogens with zero attached hydrogens (tertiary/aromatic N) is 4. The summed E-state index contributed by atoms with van der Waals surface area (Å²) in [6, 6.07) is 17.2. The van der Waals surface area contributed by atoms with Gasteiger partial charge in [-0.15, -0.1) is 0 Å². The maximum Gasteiger partial charge on any atom is 0.254 e. The molecule has 0 atom stereocenters. The zero-order valence-electron chi connectivity index (χ0n) is 17.7. The summed E-state index contributed by atoms with van der Waals surface area (Å²) in [5, 5.41) is 9.56. The van der Waals surface area contributed by atoms with Crippen molar-refractivity contribution in [2.24, 2.45) is 0 Å². The Balaban J connectivity index is 1.48. The minimum absolute atomic E-state index is 0.0332. The van der Waals surface area contributed by atoms with Crippen molar-refractivity contribution in [3.05, 3.63) is 65.4 Å². The van der Waals surface area contributed by atoms with Crippen molar-refractivity contribution in [1.29, 1.82) is 5.26 Å². The van der Waals surface area contributed by atoms with Crippen molar-refractivity contribution in [2.75, 3.05) is 37.7 Å². The molecule has 7 heteroatoms. The molecule has 1 amide bonds. The van der Waals surface area contributed by atoms with E-state index >= 15 is 0 Å². The number of carbonyl (C=O) groups excluding carboxylic acids is 1. The molecule has 0 unspecified atom stereocenters.